The van der Waals surface area contributed by atoms with Crippen molar-refractivity contribution < 1.29 is 9.59 Å². The molecule has 0 atom stereocenters. The van der Waals surface area contributed by atoms with Gasteiger partial charge in [0.05, 0.1) is 6.21 Å². The smallest absolute Gasteiger partial charge is 0.240 e. The maximum Gasteiger partial charge on any atom is 0.240 e. The highest BCUT2D eigenvalue weighted by Crippen LogP contribution is 2.23. The van der Waals surface area contributed by atoms with Crippen LogP contribution in [0.5, 0.6) is 0 Å². The summed E-state index contributed by atoms with van der Waals surface area (Å²) in [4.78, 5) is 23.8. The minimum absolute atomic E-state index is 0.146. The third-order valence-corrected chi connectivity index (χ3v) is 4.55. The molecule has 0 aliphatic carbocycles. The molecular formula is C21H24ClN3O2. The minimum atomic E-state index is -0.219. The number of halogens is 1. The number of carbonyl (C=O) groups excluding carboxylic acids is 2. The zero-order valence-corrected chi connectivity index (χ0v) is 16.3. The van der Waals surface area contributed by atoms with Crippen molar-refractivity contribution in [1.29, 1.82) is 0 Å². The van der Waals surface area contributed by atoms with Gasteiger partial charge in [0.15, 0.2) is 0 Å². The summed E-state index contributed by atoms with van der Waals surface area (Å²) in [6, 6.07) is 13.3. The summed E-state index contributed by atoms with van der Waals surface area (Å²) in [6.45, 7) is 3.94. The van der Waals surface area contributed by atoms with Crippen LogP contribution in [-0.4, -0.2) is 18.0 Å². The lowest BCUT2D eigenvalue weighted by Crippen LogP contribution is -2.18. The van der Waals surface area contributed by atoms with Crippen LogP contribution in [0.15, 0.2) is 47.6 Å². The molecule has 0 saturated heterocycles. The van der Waals surface area contributed by atoms with Gasteiger partial charge in [-0.25, -0.2) is 5.43 Å². The van der Waals surface area contributed by atoms with Crippen molar-refractivity contribution in [2.45, 2.75) is 39.5 Å². The molecule has 0 heterocycles. The van der Waals surface area contributed by atoms with Crippen LogP contribution in [0.1, 0.15) is 42.9 Å². The zero-order chi connectivity index (χ0) is 19.6. The molecular weight excluding hydrogens is 362 g/mol. The molecule has 0 aliphatic rings. The predicted octanol–water partition coefficient (Wildman–Crippen LogP) is 4.47. The standard InChI is InChI=1S/C21H24ClN3O2/c1-3-16-10-12-17(13-11-16)14-23-25-21(27)9-5-8-20(26)24-19-7-4-6-18(22)15(19)2/h4,6-7,10-14H,3,5,8-9H2,1-2H3,(H,24,26)(H,25,27)/b23-14-. The van der Waals surface area contributed by atoms with Crippen molar-refractivity contribution in [2.75, 3.05) is 5.32 Å². The highest BCUT2D eigenvalue weighted by molar-refractivity contribution is 6.31. The van der Waals surface area contributed by atoms with Crippen LogP contribution in [0.2, 0.25) is 5.02 Å². The molecule has 27 heavy (non-hydrogen) atoms. The van der Waals surface area contributed by atoms with Crippen LogP contribution in [0.3, 0.4) is 0 Å². The Labute approximate surface area is 164 Å². The lowest BCUT2D eigenvalue weighted by molar-refractivity contribution is -0.121. The van der Waals surface area contributed by atoms with Crippen molar-refractivity contribution in [3.63, 3.8) is 0 Å². The van der Waals surface area contributed by atoms with Gasteiger partial charge in [-0.15, -0.1) is 0 Å². The maximum atomic E-state index is 12.0. The van der Waals surface area contributed by atoms with E-state index >= 15 is 0 Å². The fraction of sp³-hybridized carbons (Fsp3) is 0.286. The van der Waals surface area contributed by atoms with E-state index in [-0.39, 0.29) is 24.7 Å². The largest absolute Gasteiger partial charge is 0.326 e. The Morgan fingerprint density at radius 1 is 1.07 bits per heavy atom. The molecule has 2 amide bonds. The highest BCUT2D eigenvalue weighted by atomic mass is 35.5. The minimum Gasteiger partial charge on any atom is -0.326 e. The van der Waals surface area contributed by atoms with Gasteiger partial charge in [0, 0.05) is 23.6 Å². The molecule has 2 N–H and O–H groups in total. The molecule has 142 valence electrons. The first-order valence-corrected chi connectivity index (χ1v) is 9.33. The lowest BCUT2D eigenvalue weighted by atomic mass is 10.1. The van der Waals surface area contributed by atoms with Gasteiger partial charge >= 0.3 is 0 Å². The quantitative estimate of drug-likeness (QED) is 0.519. The molecule has 0 spiro atoms. The first-order valence-electron chi connectivity index (χ1n) is 8.95. The number of hydrogen-bond acceptors (Lipinski definition) is 3. The van der Waals surface area contributed by atoms with Gasteiger partial charge in [0.1, 0.15) is 0 Å². The van der Waals surface area contributed by atoms with Crippen molar-refractivity contribution in [3.8, 4) is 0 Å². The van der Waals surface area contributed by atoms with Crippen molar-refractivity contribution >= 4 is 35.3 Å². The number of hydrogen-bond donors (Lipinski definition) is 2. The second kappa shape index (κ2) is 10.5. The van der Waals surface area contributed by atoms with Gasteiger partial charge in [0.2, 0.25) is 11.8 Å². The number of hydrazone groups is 1. The summed E-state index contributed by atoms with van der Waals surface area (Å²) in [5, 5.41) is 7.36. The molecule has 0 bridgehead atoms. The van der Waals surface area contributed by atoms with Crippen molar-refractivity contribution in [1.82, 2.24) is 5.43 Å². The van der Waals surface area contributed by atoms with E-state index < -0.39 is 0 Å². The molecule has 6 heteroatoms. The van der Waals surface area contributed by atoms with Gasteiger partial charge in [-0.2, -0.15) is 5.10 Å². The zero-order valence-electron chi connectivity index (χ0n) is 15.6. The number of nitrogens with one attached hydrogen (secondary N) is 2. The first-order chi connectivity index (χ1) is 13.0. The average molecular weight is 386 g/mol. The first kappa shape index (κ1) is 20.6. The Balaban J connectivity index is 1.69. The van der Waals surface area contributed by atoms with Crippen molar-refractivity contribution in [2.24, 2.45) is 5.10 Å². The van der Waals surface area contributed by atoms with E-state index in [1.165, 1.54) is 5.56 Å². The summed E-state index contributed by atoms with van der Waals surface area (Å²) in [6.07, 6.45) is 3.51. The van der Waals surface area contributed by atoms with E-state index in [0.29, 0.717) is 17.1 Å². The normalized spacial score (nSPS) is 10.8. The molecule has 5 nitrogen and oxygen atoms in total. The van der Waals surface area contributed by atoms with E-state index in [1.54, 1.807) is 24.4 Å². The molecule has 0 radical (unpaired) electrons. The highest BCUT2D eigenvalue weighted by Gasteiger charge is 2.08. The Bertz CT molecular complexity index is 817. The molecule has 0 aromatic heterocycles. The number of amides is 2. The van der Waals surface area contributed by atoms with Crippen LogP contribution >= 0.6 is 11.6 Å². The molecule has 2 aromatic carbocycles. The SMILES string of the molecule is CCc1ccc(/C=N\NC(=O)CCCC(=O)Nc2cccc(Cl)c2C)cc1. The van der Waals surface area contributed by atoms with Gasteiger partial charge in [0.25, 0.3) is 0 Å². The van der Waals surface area contributed by atoms with Crippen LogP contribution in [0.4, 0.5) is 5.69 Å². The summed E-state index contributed by atoms with van der Waals surface area (Å²) in [5.41, 5.74) is 6.17. The molecule has 2 rings (SSSR count). The summed E-state index contributed by atoms with van der Waals surface area (Å²) in [5.74, 6) is -0.365. The Kier molecular flexibility index (Phi) is 8.01. The molecule has 0 aliphatic heterocycles. The van der Waals surface area contributed by atoms with Crippen LogP contribution in [-0.2, 0) is 16.0 Å². The number of carbonyl (C=O) groups is 2. The summed E-state index contributed by atoms with van der Waals surface area (Å²) in [7, 11) is 0. The van der Waals surface area contributed by atoms with Gasteiger partial charge in [-0.05, 0) is 48.6 Å². The fourth-order valence-corrected chi connectivity index (χ4v) is 2.61. The average Bonchev–Trinajstić information content (AvgIpc) is 2.66. The second-order valence-corrected chi connectivity index (χ2v) is 6.61. The molecule has 0 unspecified atom stereocenters. The van der Waals surface area contributed by atoms with E-state index in [1.807, 2.05) is 31.2 Å². The van der Waals surface area contributed by atoms with Gasteiger partial charge in [-0.3, -0.25) is 9.59 Å². The fourth-order valence-electron chi connectivity index (χ4n) is 2.44. The van der Waals surface area contributed by atoms with Gasteiger partial charge in [-0.1, -0.05) is 48.9 Å². The topological polar surface area (TPSA) is 70.6 Å². The Morgan fingerprint density at radius 3 is 2.48 bits per heavy atom. The van der Waals surface area contributed by atoms with Crippen LogP contribution in [0, 0.1) is 6.92 Å². The summed E-state index contributed by atoms with van der Waals surface area (Å²) >= 11 is 6.03. The number of benzene rings is 2. The second-order valence-electron chi connectivity index (χ2n) is 6.20. The third-order valence-electron chi connectivity index (χ3n) is 4.14. The molecule has 0 fully saturated rings. The molecule has 0 saturated carbocycles. The van der Waals surface area contributed by atoms with Crippen molar-refractivity contribution in [3.05, 3.63) is 64.2 Å². The lowest BCUT2D eigenvalue weighted by Gasteiger charge is -2.09. The number of aryl methyl sites for hydroxylation is 1. The van der Waals surface area contributed by atoms with E-state index in [9.17, 15) is 9.59 Å². The van der Waals surface area contributed by atoms with Crippen LogP contribution < -0.4 is 10.7 Å². The third kappa shape index (κ3) is 6.87. The van der Waals surface area contributed by atoms with Crippen LogP contribution in [0.25, 0.3) is 0 Å². The molecule has 2 aromatic rings. The predicted molar refractivity (Wildman–Crippen MR) is 110 cm³/mol. The van der Waals surface area contributed by atoms with Gasteiger partial charge < -0.3 is 5.32 Å². The number of nitrogens with zero attached hydrogens (tertiary/aromatic N) is 1. The summed E-state index contributed by atoms with van der Waals surface area (Å²) < 4.78 is 0. The Morgan fingerprint density at radius 2 is 1.78 bits per heavy atom. The number of rotatable bonds is 8. The maximum absolute atomic E-state index is 12.0. The van der Waals surface area contributed by atoms with E-state index in [2.05, 4.69) is 22.8 Å². The monoisotopic (exact) mass is 385 g/mol. The Hall–Kier alpha value is -2.66. The van der Waals surface area contributed by atoms with E-state index in [4.69, 9.17) is 11.6 Å². The van der Waals surface area contributed by atoms with E-state index in [0.717, 1.165) is 17.5 Å². The number of anilines is 1.